The van der Waals surface area contributed by atoms with Gasteiger partial charge in [-0.25, -0.2) is 0 Å². The van der Waals surface area contributed by atoms with Crippen molar-refractivity contribution in [2.24, 2.45) is 0 Å². The third-order valence-electron chi connectivity index (χ3n) is 4.17. The first-order chi connectivity index (χ1) is 12.3. The van der Waals surface area contributed by atoms with Gasteiger partial charge in [-0.2, -0.15) is 5.26 Å². The number of methoxy groups -OCH3 is 1. The summed E-state index contributed by atoms with van der Waals surface area (Å²) in [6.45, 7) is 3.24. The summed E-state index contributed by atoms with van der Waals surface area (Å²) in [4.78, 5) is 0. The van der Waals surface area contributed by atoms with Gasteiger partial charge in [-0.3, -0.25) is 0 Å². The van der Waals surface area contributed by atoms with Crippen molar-refractivity contribution < 1.29 is 14.2 Å². The van der Waals surface area contributed by atoms with Gasteiger partial charge in [0.15, 0.2) is 11.5 Å². The molecular formula is C21H21NO3. The Labute approximate surface area is 148 Å². The van der Waals surface area contributed by atoms with Crippen molar-refractivity contribution in [2.45, 2.75) is 19.8 Å². The number of ether oxygens (including phenoxy) is 3. The van der Waals surface area contributed by atoms with Crippen molar-refractivity contribution in [3.8, 4) is 23.3 Å². The molecule has 128 valence electrons. The molecule has 2 aromatic carbocycles. The first-order valence-electron chi connectivity index (χ1n) is 8.41. The molecule has 0 aromatic heterocycles. The molecule has 0 fully saturated rings. The molecule has 0 unspecified atom stereocenters. The molecule has 0 aliphatic carbocycles. The fourth-order valence-corrected chi connectivity index (χ4v) is 3.02. The lowest BCUT2D eigenvalue weighted by Crippen LogP contribution is -1.97. The molecule has 0 bridgehead atoms. The summed E-state index contributed by atoms with van der Waals surface area (Å²) < 4.78 is 16.7. The number of nitrogens with zero attached hydrogens (tertiary/aromatic N) is 1. The topological polar surface area (TPSA) is 51.5 Å². The van der Waals surface area contributed by atoms with E-state index >= 15 is 0 Å². The van der Waals surface area contributed by atoms with Crippen LogP contribution in [-0.4, -0.2) is 20.3 Å². The van der Waals surface area contributed by atoms with E-state index in [2.05, 4.69) is 12.1 Å². The van der Waals surface area contributed by atoms with Gasteiger partial charge in [0.2, 0.25) is 0 Å². The molecule has 25 heavy (non-hydrogen) atoms. The highest BCUT2D eigenvalue weighted by Crippen LogP contribution is 2.35. The molecule has 0 radical (unpaired) electrons. The van der Waals surface area contributed by atoms with Gasteiger partial charge < -0.3 is 14.2 Å². The van der Waals surface area contributed by atoms with Gasteiger partial charge in [-0.1, -0.05) is 18.2 Å². The van der Waals surface area contributed by atoms with Crippen LogP contribution in [0.25, 0.3) is 5.57 Å². The van der Waals surface area contributed by atoms with Crippen molar-refractivity contribution in [3.63, 3.8) is 0 Å². The Kier molecular flexibility index (Phi) is 5.25. The highest BCUT2D eigenvalue weighted by atomic mass is 16.5. The summed E-state index contributed by atoms with van der Waals surface area (Å²) in [7, 11) is 1.63. The van der Waals surface area contributed by atoms with Gasteiger partial charge in [-0.05, 0) is 53.5 Å². The second-order valence-electron chi connectivity index (χ2n) is 5.70. The zero-order valence-corrected chi connectivity index (χ0v) is 14.5. The number of nitriles is 1. The van der Waals surface area contributed by atoms with E-state index in [0.717, 1.165) is 35.5 Å². The van der Waals surface area contributed by atoms with Crippen LogP contribution in [0, 0.1) is 11.3 Å². The largest absolute Gasteiger partial charge is 0.493 e. The monoisotopic (exact) mass is 335 g/mol. The first-order valence-corrected chi connectivity index (χ1v) is 8.41. The SMILES string of the molecule is CCOc1cc(/C(=C/CC#N)c2ccc3c(c2)CCO3)ccc1OC. The number of hydrogen-bond acceptors (Lipinski definition) is 4. The molecule has 0 N–H and O–H groups in total. The normalized spacial score (nSPS) is 12.9. The predicted octanol–water partition coefficient (Wildman–Crippen LogP) is 4.37. The standard InChI is InChI=1S/C21H21NO3/c1-3-24-21-14-16(7-9-20(21)23-2)18(5-4-11-22)15-6-8-19-17(13-15)10-12-25-19/h5-9,13-14H,3-4,10,12H2,1-2H3/b18-5+. The fraction of sp³-hybridized carbons (Fsp3) is 0.286. The number of fused-ring (bicyclic) bond motifs is 1. The van der Waals surface area contributed by atoms with Crippen LogP contribution >= 0.6 is 0 Å². The van der Waals surface area contributed by atoms with Gasteiger partial charge >= 0.3 is 0 Å². The average molecular weight is 335 g/mol. The minimum absolute atomic E-state index is 0.346. The molecule has 0 spiro atoms. The van der Waals surface area contributed by atoms with E-state index in [1.807, 2.05) is 43.3 Å². The maximum atomic E-state index is 9.03. The van der Waals surface area contributed by atoms with Crippen LogP contribution in [0.5, 0.6) is 17.2 Å². The van der Waals surface area contributed by atoms with E-state index in [4.69, 9.17) is 19.5 Å². The Morgan fingerprint density at radius 2 is 2.00 bits per heavy atom. The molecular weight excluding hydrogens is 314 g/mol. The predicted molar refractivity (Wildman–Crippen MR) is 97.1 cm³/mol. The maximum Gasteiger partial charge on any atom is 0.161 e. The second kappa shape index (κ2) is 7.76. The molecule has 0 amide bonds. The van der Waals surface area contributed by atoms with Crippen molar-refractivity contribution in [3.05, 3.63) is 59.2 Å². The average Bonchev–Trinajstić information content (AvgIpc) is 3.10. The van der Waals surface area contributed by atoms with Crippen LogP contribution in [0.4, 0.5) is 0 Å². The van der Waals surface area contributed by atoms with Gasteiger partial charge in [0.1, 0.15) is 5.75 Å². The van der Waals surface area contributed by atoms with Crippen LogP contribution in [-0.2, 0) is 6.42 Å². The van der Waals surface area contributed by atoms with E-state index in [1.165, 1.54) is 5.56 Å². The van der Waals surface area contributed by atoms with Gasteiger partial charge in [0.05, 0.1) is 32.8 Å². The zero-order chi connectivity index (χ0) is 17.6. The van der Waals surface area contributed by atoms with Gasteiger partial charge in [-0.15, -0.1) is 0 Å². The Hall–Kier alpha value is -2.93. The highest BCUT2D eigenvalue weighted by molar-refractivity contribution is 5.81. The Balaban J connectivity index is 2.05. The maximum absolute atomic E-state index is 9.03. The summed E-state index contributed by atoms with van der Waals surface area (Å²) in [6, 6.07) is 14.3. The van der Waals surface area contributed by atoms with Crippen molar-refractivity contribution in [1.29, 1.82) is 5.26 Å². The van der Waals surface area contributed by atoms with Crippen LogP contribution in [0.15, 0.2) is 42.5 Å². The fourth-order valence-electron chi connectivity index (χ4n) is 3.02. The lowest BCUT2D eigenvalue weighted by Gasteiger charge is -2.14. The Morgan fingerprint density at radius 1 is 1.20 bits per heavy atom. The number of benzene rings is 2. The lowest BCUT2D eigenvalue weighted by atomic mass is 9.94. The number of rotatable bonds is 6. The Bertz CT molecular complexity index is 834. The third-order valence-corrected chi connectivity index (χ3v) is 4.17. The molecule has 1 aliphatic rings. The minimum Gasteiger partial charge on any atom is -0.493 e. The number of hydrogen-bond donors (Lipinski definition) is 0. The minimum atomic E-state index is 0.346. The van der Waals surface area contributed by atoms with Crippen LogP contribution in [0.3, 0.4) is 0 Å². The summed E-state index contributed by atoms with van der Waals surface area (Å²) in [5, 5.41) is 9.03. The van der Waals surface area contributed by atoms with E-state index in [0.29, 0.717) is 24.5 Å². The molecule has 4 heteroatoms. The van der Waals surface area contributed by atoms with E-state index in [1.54, 1.807) is 7.11 Å². The van der Waals surface area contributed by atoms with Crippen LogP contribution < -0.4 is 14.2 Å². The van der Waals surface area contributed by atoms with Crippen LogP contribution in [0.1, 0.15) is 30.0 Å². The zero-order valence-electron chi connectivity index (χ0n) is 14.5. The van der Waals surface area contributed by atoms with E-state index < -0.39 is 0 Å². The summed E-state index contributed by atoms with van der Waals surface area (Å²) in [5.41, 5.74) is 4.30. The van der Waals surface area contributed by atoms with Gasteiger partial charge in [0, 0.05) is 6.42 Å². The van der Waals surface area contributed by atoms with Crippen LogP contribution in [0.2, 0.25) is 0 Å². The van der Waals surface area contributed by atoms with E-state index in [9.17, 15) is 0 Å². The van der Waals surface area contributed by atoms with E-state index in [-0.39, 0.29) is 0 Å². The molecule has 0 atom stereocenters. The summed E-state index contributed by atoms with van der Waals surface area (Å²) in [5.74, 6) is 2.36. The molecule has 1 aliphatic heterocycles. The van der Waals surface area contributed by atoms with Crippen molar-refractivity contribution >= 4 is 5.57 Å². The molecule has 2 aromatic rings. The molecule has 4 nitrogen and oxygen atoms in total. The van der Waals surface area contributed by atoms with Crippen molar-refractivity contribution in [2.75, 3.05) is 20.3 Å². The first kappa shape index (κ1) is 16.9. The number of allylic oxidation sites excluding steroid dienone is 1. The second-order valence-corrected chi connectivity index (χ2v) is 5.70. The molecule has 0 saturated heterocycles. The molecule has 1 heterocycles. The quantitative estimate of drug-likeness (QED) is 0.786. The third kappa shape index (κ3) is 3.61. The molecule has 3 rings (SSSR count). The highest BCUT2D eigenvalue weighted by Gasteiger charge is 2.15. The summed E-state index contributed by atoms with van der Waals surface area (Å²) >= 11 is 0. The summed E-state index contributed by atoms with van der Waals surface area (Å²) in [6.07, 6.45) is 3.22. The lowest BCUT2D eigenvalue weighted by molar-refractivity contribution is 0.311. The smallest absolute Gasteiger partial charge is 0.161 e. The Morgan fingerprint density at radius 3 is 2.76 bits per heavy atom. The van der Waals surface area contributed by atoms with Gasteiger partial charge in [0.25, 0.3) is 0 Å². The molecule has 0 saturated carbocycles. The van der Waals surface area contributed by atoms with Crippen molar-refractivity contribution in [1.82, 2.24) is 0 Å².